The van der Waals surface area contributed by atoms with Gasteiger partial charge >= 0.3 is 5.97 Å². The maximum atomic E-state index is 12.7. The number of hydrogen-bond acceptors (Lipinski definition) is 7. The van der Waals surface area contributed by atoms with Gasteiger partial charge in [0.05, 0.1) is 10.5 Å². The zero-order valence-corrected chi connectivity index (χ0v) is 15.4. The van der Waals surface area contributed by atoms with Crippen LogP contribution in [0.1, 0.15) is 29.3 Å². The van der Waals surface area contributed by atoms with E-state index in [2.05, 4.69) is 10.1 Å². The van der Waals surface area contributed by atoms with Crippen LogP contribution in [0.25, 0.3) is 0 Å². The van der Waals surface area contributed by atoms with Gasteiger partial charge in [0.15, 0.2) is 0 Å². The number of ether oxygens (including phenoxy) is 2. The molecule has 0 heterocycles. The third-order valence-corrected chi connectivity index (χ3v) is 3.76. The van der Waals surface area contributed by atoms with Crippen molar-refractivity contribution in [3.8, 4) is 11.5 Å². The molecule has 9 heteroatoms. The number of carbonyl (C=O) groups excluding carboxylic acids is 2. The summed E-state index contributed by atoms with van der Waals surface area (Å²) in [6.07, 6.45) is 1.24. The van der Waals surface area contributed by atoms with Gasteiger partial charge in [-0.3, -0.25) is 14.9 Å². The highest BCUT2D eigenvalue weighted by Crippen LogP contribution is 2.27. The van der Waals surface area contributed by atoms with Crippen molar-refractivity contribution in [3.05, 3.63) is 57.6 Å². The van der Waals surface area contributed by atoms with Gasteiger partial charge in [-0.25, -0.2) is 4.79 Å². The predicted molar refractivity (Wildman–Crippen MR) is 101 cm³/mol. The van der Waals surface area contributed by atoms with Crippen molar-refractivity contribution >= 4 is 23.3 Å². The van der Waals surface area contributed by atoms with E-state index in [1.807, 2.05) is 6.92 Å². The SMILES string of the molecule is CCCc1cc([N+](=O)[O-])ccc1NC(=O)c1cc(O)ccc1OC(=O)COC. The van der Waals surface area contributed by atoms with Gasteiger partial charge in [-0.15, -0.1) is 0 Å². The summed E-state index contributed by atoms with van der Waals surface area (Å²) < 4.78 is 9.79. The van der Waals surface area contributed by atoms with Crippen molar-refractivity contribution in [3.63, 3.8) is 0 Å². The lowest BCUT2D eigenvalue weighted by Gasteiger charge is -2.13. The second-order valence-electron chi connectivity index (χ2n) is 5.89. The summed E-state index contributed by atoms with van der Waals surface area (Å²) in [7, 11) is 1.33. The van der Waals surface area contributed by atoms with E-state index < -0.39 is 16.8 Å². The Labute approximate surface area is 161 Å². The van der Waals surface area contributed by atoms with E-state index in [0.717, 1.165) is 12.5 Å². The Morgan fingerprint density at radius 1 is 1.21 bits per heavy atom. The highest BCUT2D eigenvalue weighted by Gasteiger charge is 2.19. The van der Waals surface area contributed by atoms with E-state index in [0.29, 0.717) is 17.7 Å². The third kappa shape index (κ3) is 5.27. The van der Waals surface area contributed by atoms with Crippen LogP contribution < -0.4 is 10.1 Å². The number of nitrogens with zero attached hydrogens (tertiary/aromatic N) is 1. The van der Waals surface area contributed by atoms with Crippen LogP contribution in [0.4, 0.5) is 11.4 Å². The number of anilines is 1. The quantitative estimate of drug-likeness (QED) is 0.308. The molecule has 2 N–H and O–H groups in total. The first kappa shape index (κ1) is 20.8. The molecule has 0 fully saturated rings. The lowest BCUT2D eigenvalue weighted by Crippen LogP contribution is -2.19. The number of phenolic OH excluding ortho intramolecular Hbond substituents is 1. The number of rotatable bonds is 8. The molecule has 2 rings (SSSR count). The molecule has 0 aliphatic carbocycles. The Kier molecular flexibility index (Phi) is 7.05. The lowest BCUT2D eigenvalue weighted by molar-refractivity contribution is -0.384. The maximum absolute atomic E-state index is 12.7. The smallest absolute Gasteiger partial charge is 0.337 e. The van der Waals surface area contributed by atoms with Crippen molar-refractivity contribution in [2.24, 2.45) is 0 Å². The van der Waals surface area contributed by atoms with Crippen molar-refractivity contribution in [1.29, 1.82) is 0 Å². The van der Waals surface area contributed by atoms with E-state index in [9.17, 15) is 24.8 Å². The number of phenols is 1. The lowest BCUT2D eigenvalue weighted by atomic mass is 10.1. The number of hydrogen-bond donors (Lipinski definition) is 2. The zero-order chi connectivity index (χ0) is 20.7. The number of aromatic hydroxyl groups is 1. The summed E-state index contributed by atoms with van der Waals surface area (Å²) >= 11 is 0. The molecule has 2 aromatic carbocycles. The van der Waals surface area contributed by atoms with Gasteiger partial charge in [0.1, 0.15) is 18.1 Å². The Bertz CT molecular complexity index is 896. The number of methoxy groups -OCH3 is 1. The first-order valence-electron chi connectivity index (χ1n) is 8.47. The van der Waals surface area contributed by atoms with Crippen molar-refractivity contribution in [2.45, 2.75) is 19.8 Å². The predicted octanol–water partition coefficient (Wildman–Crippen LogP) is 3.06. The van der Waals surface area contributed by atoms with Gasteiger partial charge in [0.25, 0.3) is 11.6 Å². The molecular weight excluding hydrogens is 368 g/mol. The summed E-state index contributed by atoms with van der Waals surface area (Å²) in [6.45, 7) is 1.61. The van der Waals surface area contributed by atoms with Crippen LogP contribution in [0, 0.1) is 10.1 Å². The molecule has 0 aliphatic rings. The van der Waals surface area contributed by atoms with Gasteiger partial charge in [-0.1, -0.05) is 13.3 Å². The average Bonchev–Trinajstić information content (AvgIpc) is 2.64. The number of nitro benzene ring substituents is 1. The molecule has 9 nitrogen and oxygen atoms in total. The van der Waals surface area contributed by atoms with Crippen molar-refractivity contribution in [2.75, 3.05) is 19.0 Å². The minimum Gasteiger partial charge on any atom is -0.508 e. The molecule has 0 bridgehead atoms. The Hall–Kier alpha value is -3.46. The highest BCUT2D eigenvalue weighted by molar-refractivity contribution is 6.07. The minimum absolute atomic E-state index is 0.0451. The van der Waals surface area contributed by atoms with Gasteiger partial charge in [-0.2, -0.15) is 0 Å². The molecule has 0 atom stereocenters. The molecule has 2 aromatic rings. The van der Waals surface area contributed by atoms with E-state index in [1.165, 1.54) is 37.4 Å². The summed E-state index contributed by atoms with van der Waals surface area (Å²) in [4.78, 5) is 34.9. The number of nitro groups is 1. The second-order valence-corrected chi connectivity index (χ2v) is 5.89. The molecule has 0 radical (unpaired) electrons. The standard InChI is InChI=1S/C19H20N2O7/c1-3-4-12-9-13(21(25)26)5-7-16(12)20-19(24)15-10-14(22)6-8-17(15)28-18(23)11-27-2/h5-10,22H,3-4,11H2,1-2H3,(H,20,24). The highest BCUT2D eigenvalue weighted by atomic mass is 16.6. The zero-order valence-electron chi connectivity index (χ0n) is 15.4. The molecule has 0 saturated carbocycles. The monoisotopic (exact) mass is 388 g/mol. The second kappa shape index (κ2) is 9.47. The number of aryl methyl sites for hydroxylation is 1. The molecule has 28 heavy (non-hydrogen) atoms. The topological polar surface area (TPSA) is 128 Å². The number of benzene rings is 2. The van der Waals surface area contributed by atoms with Crippen LogP contribution >= 0.6 is 0 Å². The molecule has 0 aliphatic heterocycles. The van der Waals surface area contributed by atoms with E-state index in [4.69, 9.17) is 4.74 Å². The molecule has 0 unspecified atom stereocenters. The fraction of sp³-hybridized carbons (Fsp3) is 0.263. The van der Waals surface area contributed by atoms with Gasteiger partial charge < -0.3 is 19.9 Å². The van der Waals surface area contributed by atoms with Crippen LogP contribution in [-0.2, 0) is 16.0 Å². The summed E-state index contributed by atoms with van der Waals surface area (Å²) in [6, 6.07) is 7.87. The molecule has 0 aromatic heterocycles. The van der Waals surface area contributed by atoms with Crippen molar-refractivity contribution < 1.29 is 29.1 Å². The van der Waals surface area contributed by atoms with E-state index in [1.54, 1.807) is 0 Å². The van der Waals surface area contributed by atoms with E-state index in [-0.39, 0.29) is 29.4 Å². The van der Waals surface area contributed by atoms with Crippen LogP contribution in [0.2, 0.25) is 0 Å². The number of esters is 1. The fourth-order valence-electron chi connectivity index (χ4n) is 2.54. The first-order chi connectivity index (χ1) is 13.3. The summed E-state index contributed by atoms with van der Waals surface area (Å²) in [5, 5.41) is 23.3. The Balaban J connectivity index is 2.33. The molecule has 0 saturated heterocycles. The summed E-state index contributed by atoms with van der Waals surface area (Å²) in [5.74, 6) is -1.57. The molecule has 148 valence electrons. The normalized spacial score (nSPS) is 10.4. The molecule has 1 amide bonds. The number of amides is 1. The molecular formula is C19H20N2O7. The van der Waals surface area contributed by atoms with Crippen molar-refractivity contribution in [1.82, 2.24) is 0 Å². The van der Waals surface area contributed by atoms with Crippen LogP contribution in [0.15, 0.2) is 36.4 Å². The number of non-ortho nitro benzene ring substituents is 1. The number of nitrogens with one attached hydrogen (secondary N) is 1. The Morgan fingerprint density at radius 3 is 2.61 bits per heavy atom. The fourth-order valence-corrected chi connectivity index (χ4v) is 2.54. The first-order valence-corrected chi connectivity index (χ1v) is 8.47. The minimum atomic E-state index is -0.704. The average molecular weight is 388 g/mol. The van der Waals surface area contributed by atoms with Gasteiger partial charge in [0, 0.05) is 24.9 Å². The van der Waals surface area contributed by atoms with Crippen LogP contribution in [0.5, 0.6) is 11.5 Å². The van der Waals surface area contributed by atoms with Crippen LogP contribution in [-0.4, -0.2) is 35.6 Å². The van der Waals surface area contributed by atoms with E-state index >= 15 is 0 Å². The number of carbonyl (C=O) groups is 2. The summed E-state index contributed by atoms with van der Waals surface area (Å²) in [5.41, 5.74) is 0.858. The van der Waals surface area contributed by atoms with Crippen LogP contribution in [0.3, 0.4) is 0 Å². The Morgan fingerprint density at radius 2 is 1.96 bits per heavy atom. The maximum Gasteiger partial charge on any atom is 0.337 e. The third-order valence-electron chi connectivity index (χ3n) is 3.76. The largest absolute Gasteiger partial charge is 0.508 e. The molecule has 0 spiro atoms. The van der Waals surface area contributed by atoms with Gasteiger partial charge in [-0.05, 0) is 36.2 Å². The van der Waals surface area contributed by atoms with Gasteiger partial charge in [0.2, 0.25) is 0 Å².